The van der Waals surface area contributed by atoms with Gasteiger partial charge in [-0.05, 0) is 56.4 Å². The normalized spacial score (nSPS) is 16.3. The lowest BCUT2D eigenvalue weighted by Crippen LogP contribution is -2.46. The van der Waals surface area contributed by atoms with E-state index < -0.39 is 0 Å². The van der Waals surface area contributed by atoms with Gasteiger partial charge in [0, 0.05) is 35.9 Å². The maximum Gasteiger partial charge on any atom is 0.258 e. The average Bonchev–Trinajstić information content (AvgIpc) is 3.33. The van der Waals surface area contributed by atoms with Gasteiger partial charge in [0.25, 0.3) is 5.89 Å². The minimum Gasteiger partial charge on any atom is -0.382 e. The minimum absolute atomic E-state index is 0.180. The zero-order valence-corrected chi connectivity index (χ0v) is 20.7. The van der Waals surface area contributed by atoms with Crippen molar-refractivity contribution in [1.82, 2.24) is 20.4 Å². The lowest BCUT2D eigenvalue weighted by Gasteiger charge is -2.37. The van der Waals surface area contributed by atoms with Gasteiger partial charge in [-0.3, -0.25) is 0 Å². The third-order valence-corrected chi connectivity index (χ3v) is 6.69. The van der Waals surface area contributed by atoms with Gasteiger partial charge in [-0.25, -0.2) is 0 Å². The molecule has 1 aliphatic rings. The minimum atomic E-state index is -0.180. The van der Waals surface area contributed by atoms with Crippen LogP contribution in [0.25, 0.3) is 17.0 Å². The van der Waals surface area contributed by atoms with Gasteiger partial charge in [0.15, 0.2) is 5.11 Å². The van der Waals surface area contributed by atoms with Crippen LogP contribution in [0, 0.1) is 0 Å². The quantitative estimate of drug-likeness (QED) is 0.243. The first-order chi connectivity index (χ1) is 16.1. The lowest BCUT2D eigenvalue weighted by molar-refractivity contribution is 0.141. The summed E-state index contributed by atoms with van der Waals surface area (Å²) in [5.74, 6) is 1.06. The summed E-state index contributed by atoms with van der Waals surface area (Å²) in [5, 5.41) is 8.46. The number of ether oxygens (including phenoxy) is 1. The summed E-state index contributed by atoms with van der Waals surface area (Å²) in [4.78, 5) is 8.07. The molecule has 1 atom stereocenters. The number of hydrogen-bond donors (Lipinski definition) is 1. The Labute approximate surface area is 204 Å². The highest BCUT2D eigenvalue weighted by atomic mass is 32.2. The van der Waals surface area contributed by atoms with Crippen LogP contribution in [-0.2, 0) is 4.74 Å². The van der Waals surface area contributed by atoms with Crippen LogP contribution in [0.5, 0.6) is 0 Å². The Hall–Kier alpha value is -2.68. The zero-order valence-electron chi connectivity index (χ0n) is 19.1. The highest BCUT2D eigenvalue weighted by Gasteiger charge is 2.33. The molecule has 172 valence electrons. The van der Waals surface area contributed by atoms with E-state index in [0.29, 0.717) is 30.0 Å². The fraction of sp³-hybridized carbons (Fsp3) is 0.320. The van der Waals surface area contributed by atoms with Crippen molar-refractivity contribution >= 4 is 34.7 Å². The average molecular weight is 481 g/mol. The van der Waals surface area contributed by atoms with Gasteiger partial charge in [-0.15, -0.1) is 11.8 Å². The van der Waals surface area contributed by atoms with E-state index in [-0.39, 0.29) is 6.04 Å². The maximum atomic E-state index is 5.79. The van der Waals surface area contributed by atoms with E-state index in [2.05, 4.69) is 52.8 Å². The monoisotopic (exact) mass is 480 g/mol. The summed E-state index contributed by atoms with van der Waals surface area (Å²) in [5.41, 5.74) is 3.96. The summed E-state index contributed by atoms with van der Waals surface area (Å²) in [6.45, 7) is 6.22. The predicted octanol–water partition coefficient (Wildman–Crippen LogP) is 5.55. The van der Waals surface area contributed by atoms with E-state index in [9.17, 15) is 0 Å². The molecular formula is C25H28N4O2S2. The number of nitrogens with one attached hydrogen (secondary N) is 1. The zero-order chi connectivity index (χ0) is 23.2. The van der Waals surface area contributed by atoms with Crippen LogP contribution in [-0.4, -0.2) is 46.2 Å². The molecule has 0 aliphatic carbocycles. The number of aromatic nitrogens is 2. The first-order valence-electron chi connectivity index (χ1n) is 11.0. The summed E-state index contributed by atoms with van der Waals surface area (Å²) in [6, 6.07) is 18.2. The Kier molecular flexibility index (Phi) is 7.80. The molecule has 4 rings (SSSR count). The van der Waals surface area contributed by atoms with Crippen molar-refractivity contribution in [1.29, 1.82) is 0 Å². The van der Waals surface area contributed by atoms with Crippen molar-refractivity contribution in [2.24, 2.45) is 0 Å². The third-order valence-electron chi connectivity index (χ3n) is 5.61. The number of thiocarbonyl (C=S) groups is 1. The van der Waals surface area contributed by atoms with Crippen molar-refractivity contribution in [2.75, 3.05) is 26.0 Å². The van der Waals surface area contributed by atoms with Gasteiger partial charge in [-0.1, -0.05) is 47.6 Å². The molecule has 0 saturated heterocycles. The molecule has 1 aromatic heterocycles. The first-order valence-corrected chi connectivity index (χ1v) is 12.7. The molecule has 0 saturated carbocycles. The fourth-order valence-corrected chi connectivity index (χ4v) is 4.63. The SMILES string of the molecule is CCOCCCN1C(=S)NC(c2ccc(SC)cc2)C(c2nc(-c3ccccc3)no2)=C1C. The van der Waals surface area contributed by atoms with E-state index in [1.807, 2.05) is 37.3 Å². The van der Waals surface area contributed by atoms with Crippen molar-refractivity contribution in [3.63, 3.8) is 0 Å². The van der Waals surface area contributed by atoms with Crippen LogP contribution in [0.4, 0.5) is 0 Å². The van der Waals surface area contributed by atoms with E-state index in [1.165, 1.54) is 4.90 Å². The van der Waals surface area contributed by atoms with E-state index in [0.717, 1.165) is 35.4 Å². The highest BCUT2D eigenvalue weighted by Crippen LogP contribution is 2.37. The van der Waals surface area contributed by atoms with Gasteiger partial charge < -0.3 is 19.5 Å². The van der Waals surface area contributed by atoms with Crippen LogP contribution in [0.15, 0.2) is 69.7 Å². The van der Waals surface area contributed by atoms with E-state index in [1.54, 1.807) is 11.8 Å². The topological polar surface area (TPSA) is 63.4 Å². The number of rotatable bonds is 9. The van der Waals surface area contributed by atoms with Gasteiger partial charge >= 0.3 is 0 Å². The molecule has 0 spiro atoms. The van der Waals surface area contributed by atoms with Gasteiger partial charge in [0.05, 0.1) is 11.6 Å². The molecular weight excluding hydrogens is 452 g/mol. The highest BCUT2D eigenvalue weighted by molar-refractivity contribution is 7.98. The maximum absolute atomic E-state index is 5.79. The molecule has 33 heavy (non-hydrogen) atoms. The smallest absolute Gasteiger partial charge is 0.258 e. The van der Waals surface area contributed by atoms with Crippen molar-refractivity contribution in [3.8, 4) is 11.4 Å². The van der Waals surface area contributed by atoms with Crippen LogP contribution >= 0.6 is 24.0 Å². The second kappa shape index (κ2) is 11.0. The molecule has 1 unspecified atom stereocenters. The van der Waals surface area contributed by atoms with Crippen LogP contribution in [0.2, 0.25) is 0 Å². The Morgan fingerprint density at radius 2 is 1.91 bits per heavy atom. The summed E-state index contributed by atoms with van der Waals surface area (Å²) < 4.78 is 11.3. The van der Waals surface area contributed by atoms with Crippen molar-refractivity contribution < 1.29 is 9.26 Å². The van der Waals surface area contributed by atoms with Gasteiger partial charge in [0.1, 0.15) is 0 Å². The first kappa shape index (κ1) is 23.5. The predicted molar refractivity (Wildman–Crippen MR) is 137 cm³/mol. The Bertz CT molecular complexity index is 1110. The fourth-order valence-electron chi connectivity index (χ4n) is 3.88. The van der Waals surface area contributed by atoms with Crippen LogP contribution < -0.4 is 5.32 Å². The van der Waals surface area contributed by atoms with Crippen LogP contribution in [0.3, 0.4) is 0 Å². The lowest BCUT2D eigenvalue weighted by atomic mass is 9.95. The number of thioether (sulfide) groups is 1. The van der Waals surface area contributed by atoms with Gasteiger partial charge in [0.2, 0.25) is 5.82 Å². The van der Waals surface area contributed by atoms with E-state index >= 15 is 0 Å². The second-order valence-electron chi connectivity index (χ2n) is 7.65. The second-order valence-corrected chi connectivity index (χ2v) is 8.91. The number of benzene rings is 2. The summed E-state index contributed by atoms with van der Waals surface area (Å²) >= 11 is 7.48. The summed E-state index contributed by atoms with van der Waals surface area (Å²) in [7, 11) is 0. The molecule has 1 N–H and O–H groups in total. The molecule has 0 bridgehead atoms. The molecule has 0 radical (unpaired) electrons. The molecule has 0 fully saturated rings. The summed E-state index contributed by atoms with van der Waals surface area (Å²) in [6.07, 6.45) is 2.94. The molecule has 0 amide bonds. The Balaban J connectivity index is 1.72. The third kappa shape index (κ3) is 5.29. The molecule has 2 heterocycles. The number of allylic oxidation sites excluding steroid dienone is 1. The standard InChI is InChI=1S/C25H28N4O2S2/c1-4-30-16-8-15-29-17(2)21(24-27-23(28-31-24)19-9-6-5-7-10-19)22(26-25(29)32)18-11-13-20(33-3)14-12-18/h5-7,9-14,22H,4,8,15-16H2,1-3H3,(H,26,32). The van der Waals surface area contributed by atoms with E-state index in [4.69, 9.17) is 26.5 Å². The largest absolute Gasteiger partial charge is 0.382 e. The van der Waals surface area contributed by atoms with Crippen molar-refractivity contribution in [3.05, 3.63) is 71.7 Å². The number of nitrogens with zero attached hydrogens (tertiary/aromatic N) is 3. The van der Waals surface area contributed by atoms with Crippen molar-refractivity contribution in [2.45, 2.75) is 31.2 Å². The molecule has 8 heteroatoms. The van der Waals surface area contributed by atoms with Gasteiger partial charge in [-0.2, -0.15) is 4.98 Å². The molecule has 1 aliphatic heterocycles. The number of hydrogen-bond acceptors (Lipinski definition) is 6. The Morgan fingerprint density at radius 1 is 1.15 bits per heavy atom. The van der Waals surface area contributed by atoms with Crippen LogP contribution in [0.1, 0.15) is 37.8 Å². The Morgan fingerprint density at radius 3 is 2.61 bits per heavy atom. The molecule has 3 aromatic rings. The molecule has 2 aromatic carbocycles. The molecule has 6 nitrogen and oxygen atoms in total.